The number of aliphatic carboxylic acids is 1. The first kappa shape index (κ1) is 17.4. The molecule has 0 radical (unpaired) electrons. The summed E-state index contributed by atoms with van der Waals surface area (Å²) in [6.07, 6.45) is 2.28. The first-order valence-corrected chi connectivity index (χ1v) is 8.10. The Labute approximate surface area is 128 Å². The molecule has 1 unspecified atom stereocenters. The van der Waals surface area contributed by atoms with Gasteiger partial charge >= 0.3 is 12.0 Å². The van der Waals surface area contributed by atoms with Gasteiger partial charge in [0.1, 0.15) is 17.6 Å². The highest BCUT2D eigenvalue weighted by atomic mass is 32.2. The van der Waals surface area contributed by atoms with Crippen molar-refractivity contribution in [1.29, 1.82) is 0 Å². The van der Waals surface area contributed by atoms with Crippen LogP contribution in [-0.2, 0) is 4.79 Å². The van der Waals surface area contributed by atoms with Crippen molar-refractivity contribution in [3.63, 3.8) is 0 Å². The standard InChI is InChI=1S/C14H22N2O4S/c1-8-7-11(10(3)20-8)9(2)15-14(19)16-12(13(17)18)5-6-21-4/h7,9,12H,5-6H2,1-4H3,(H,17,18)(H2,15,16,19)/t9?,12-/m1/s1. The van der Waals surface area contributed by atoms with Crippen LogP contribution in [0.1, 0.15) is 36.5 Å². The van der Waals surface area contributed by atoms with E-state index in [-0.39, 0.29) is 6.04 Å². The van der Waals surface area contributed by atoms with Crippen molar-refractivity contribution in [2.45, 2.75) is 39.3 Å². The van der Waals surface area contributed by atoms with Crippen LogP contribution in [-0.4, -0.2) is 35.2 Å². The summed E-state index contributed by atoms with van der Waals surface area (Å²) in [7, 11) is 0. The molecule has 1 heterocycles. The van der Waals surface area contributed by atoms with Gasteiger partial charge in [0.2, 0.25) is 0 Å². The van der Waals surface area contributed by atoms with Crippen LogP contribution >= 0.6 is 11.8 Å². The van der Waals surface area contributed by atoms with Crippen LogP contribution in [0, 0.1) is 13.8 Å². The normalized spacial score (nSPS) is 13.5. The summed E-state index contributed by atoms with van der Waals surface area (Å²) in [6, 6.07) is 0.242. The summed E-state index contributed by atoms with van der Waals surface area (Å²) in [6.45, 7) is 5.50. The molecule has 0 aliphatic heterocycles. The number of carboxylic acids is 1. The molecule has 1 aromatic heterocycles. The minimum Gasteiger partial charge on any atom is -0.480 e. The Morgan fingerprint density at radius 3 is 2.52 bits per heavy atom. The molecule has 1 aromatic rings. The third-order valence-electron chi connectivity index (χ3n) is 3.11. The first-order valence-electron chi connectivity index (χ1n) is 6.70. The van der Waals surface area contributed by atoms with E-state index < -0.39 is 18.0 Å². The van der Waals surface area contributed by atoms with Gasteiger partial charge in [0.05, 0.1) is 6.04 Å². The topological polar surface area (TPSA) is 91.6 Å². The monoisotopic (exact) mass is 314 g/mol. The second kappa shape index (κ2) is 7.97. The Morgan fingerprint density at radius 2 is 2.05 bits per heavy atom. The van der Waals surface area contributed by atoms with Crippen LogP contribution in [0.25, 0.3) is 0 Å². The lowest BCUT2D eigenvalue weighted by molar-refractivity contribution is -0.139. The highest BCUT2D eigenvalue weighted by Gasteiger charge is 2.21. The van der Waals surface area contributed by atoms with Crippen molar-refractivity contribution >= 4 is 23.8 Å². The molecule has 2 atom stereocenters. The number of hydrogen-bond acceptors (Lipinski definition) is 4. The zero-order chi connectivity index (χ0) is 16.0. The van der Waals surface area contributed by atoms with Gasteiger partial charge in [-0.25, -0.2) is 9.59 Å². The molecule has 3 N–H and O–H groups in total. The van der Waals surface area contributed by atoms with Crippen molar-refractivity contribution in [2.75, 3.05) is 12.0 Å². The van der Waals surface area contributed by atoms with Crippen molar-refractivity contribution in [2.24, 2.45) is 0 Å². The predicted octanol–water partition coefficient (Wildman–Crippen LogP) is 2.46. The number of urea groups is 1. The molecule has 0 saturated carbocycles. The molecule has 0 spiro atoms. The molecule has 2 amide bonds. The molecule has 0 bridgehead atoms. The van der Waals surface area contributed by atoms with Gasteiger partial charge in [0, 0.05) is 5.56 Å². The Kier molecular flexibility index (Phi) is 6.61. The van der Waals surface area contributed by atoms with E-state index in [1.165, 1.54) is 0 Å². The van der Waals surface area contributed by atoms with Gasteiger partial charge in [0.25, 0.3) is 0 Å². The number of aryl methyl sites for hydroxylation is 2. The average molecular weight is 314 g/mol. The summed E-state index contributed by atoms with van der Waals surface area (Å²) >= 11 is 1.54. The van der Waals surface area contributed by atoms with E-state index in [4.69, 9.17) is 9.52 Å². The summed E-state index contributed by atoms with van der Waals surface area (Å²) < 4.78 is 5.42. The molecule has 7 heteroatoms. The fourth-order valence-electron chi connectivity index (χ4n) is 2.05. The van der Waals surface area contributed by atoms with Crippen LogP contribution in [0.4, 0.5) is 4.79 Å². The lowest BCUT2D eigenvalue weighted by Gasteiger charge is -2.18. The Hall–Kier alpha value is -1.63. The number of furan rings is 1. The van der Waals surface area contributed by atoms with Gasteiger partial charge in [-0.05, 0) is 45.3 Å². The zero-order valence-corrected chi connectivity index (χ0v) is 13.5. The van der Waals surface area contributed by atoms with Gasteiger partial charge in [-0.3, -0.25) is 0 Å². The number of carbonyl (C=O) groups excluding carboxylic acids is 1. The van der Waals surface area contributed by atoms with E-state index in [0.29, 0.717) is 12.2 Å². The molecule has 21 heavy (non-hydrogen) atoms. The molecular formula is C14H22N2O4S. The molecule has 0 fully saturated rings. The number of nitrogens with one attached hydrogen (secondary N) is 2. The van der Waals surface area contributed by atoms with Crippen LogP contribution in [0.3, 0.4) is 0 Å². The number of hydrogen-bond donors (Lipinski definition) is 3. The van der Waals surface area contributed by atoms with Crippen LogP contribution < -0.4 is 10.6 Å². The molecule has 0 aliphatic rings. The Bertz CT molecular complexity index is 501. The lowest BCUT2D eigenvalue weighted by Crippen LogP contribution is -2.46. The SMILES string of the molecule is CSCC[C@@H](NC(=O)NC(C)c1cc(C)oc1C)C(=O)O. The second-order valence-electron chi connectivity index (χ2n) is 4.88. The highest BCUT2D eigenvalue weighted by Crippen LogP contribution is 2.20. The maximum absolute atomic E-state index is 11.9. The van der Waals surface area contributed by atoms with Crippen LogP contribution in [0.15, 0.2) is 10.5 Å². The minimum atomic E-state index is -1.03. The molecule has 118 valence electrons. The van der Waals surface area contributed by atoms with E-state index in [1.54, 1.807) is 11.8 Å². The Balaban J connectivity index is 2.59. The van der Waals surface area contributed by atoms with Gasteiger partial charge < -0.3 is 20.2 Å². The number of amides is 2. The predicted molar refractivity (Wildman–Crippen MR) is 82.7 cm³/mol. The first-order chi connectivity index (χ1) is 9.85. The molecule has 0 aromatic carbocycles. The average Bonchev–Trinajstić information content (AvgIpc) is 2.73. The molecule has 0 aliphatic carbocycles. The van der Waals surface area contributed by atoms with E-state index in [0.717, 1.165) is 17.1 Å². The van der Waals surface area contributed by atoms with Crippen molar-refractivity contribution < 1.29 is 19.1 Å². The Morgan fingerprint density at radius 1 is 1.38 bits per heavy atom. The smallest absolute Gasteiger partial charge is 0.326 e. The van der Waals surface area contributed by atoms with Crippen LogP contribution in [0.2, 0.25) is 0 Å². The van der Waals surface area contributed by atoms with Gasteiger partial charge in [-0.2, -0.15) is 11.8 Å². The number of carboxylic acid groups (broad SMARTS) is 1. The van der Waals surface area contributed by atoms with E-state index >= 15 is 0 Å². The van der Waals surface area contributed by atoms with E-state index in [2.05, 4.69) is 10.6 Å². The number of carbonyl (C=O) groups is 2. The fraction of sp³-hybridized carbons (Fsp3) is 0.571. The van der Waals surface area contributed by atoms with Gasteiger partial charge in [0.15, 0.2) is 0 Å². The largest absolute Gasteiger partial charge is 0.480 e. The third kappa shape index (κ3) is 5.34. The number of thioether (sulfide) groups is 1. The summed E-state index contributed by atoms with van der Waals surface area (Å²) in [5.41, 5.74) is 0.888. The van der Waals surface area contributed by atoms with E-state index in [1.807, 2.05) is 33.1 Å². The van der Waals surface area contributed by atoms with Crippen molar-refractivity contribution in [3.05, 3.63) is 23.2 Å². The maximum atomic E-state index is 11.9. The summed E-state index contributed by atoms with van der Waals surface area (Å²) in [5, 5.41) is 14.3. The molecule has 0 saturated heterocycles. The summed E-state index contributed by atoms with van der Waals surface area (Å²) in [4.78, 5) is 23.0. The molecule has 1 rings (SSSR count). The minimum absolute atomic E-state index is 0.252. The molecular weight excluding hydrogens is 292 g/mol. The van der Waals surface area contributed by atoms with Crippen LogP contribution in [0.5, 0.6) is 0 Å². The fourth-order valence-corrected chi connectivity index (χ4v) is 2.52. The maximum Gasteiger partial charge on any atom is 0.326 e. The second-order valence-corrected chi connectivity index (χ2v) is 5.87. The van der Waals surface area contributed by atoms with E-state index in [9.17, 15) is 9.59 Å². The molecule has 6 nitrogen and oxygen atoms in total. The van der Waals surface area contributed by atoms with Gasteiger partial charge in [-0.1, -0.05) is 0 Å². The van der Waals surface area contributed by atoms with Gasteiger partial charge in [-0.15, -0.1) is 0 Å². The van der Waals surface area contributed by atoms with Crippen molar-refractivity contribution in [1.82, 2.24) is 10.6 Å². The summed E-state index contributed by atoms with van der Waals surface area (Å²) in [5.74, 6) is 1.17. The lowest BCUT2D eigenvalue weighted by atomic mass is 10.1. The number of rotatable bonds is 7. The zero-order valence-electron chi connectivity index (χ0n) is 12.7. The highest BCUT2D eigenvalue weighted by molar-refractivity contribution is 7.98. The quantitative estimate of drug-likeness (QED) is 0.719. The van der Waals surface area contributed by atoms with Crippen molar-refractivity contribution in [3.8, 4) is 0 Å². The third-order valence-corrected chi connectivity index (χ3v) is 3.75.